The van der Waals surface area contributed by atoms with Gasteiger partial charge < -0.3 is 119 Å². The lowest BCUT2D eigenvalue weighted by molar-refractivity contribution is -0.399. The summed E-state index contributed by atoms with van der Waals surface area (Å²) >= 11 is 0. The standard InChI is InChI=1S/C58H92O25/c1-23-11-16-58(53(73)83-51-42(70)39(67)36(64)29(20-59)77-51)18-17-56(7)26(27(58)19-23)9-10-32-55(6)14-13-33(54(4,5)31(55)12-15-57(32,56)8)79-48-44(72)45(28(61)22-74-48)80-52-47(82-50-41(69)38(66)35(63)25(3)76-50)43(71)46(30(21-60)78-52)81-49-40(68)37(65)34(62)24(2)75-49/h9,24-25,27-52,59-72H,1,10-22H2,2-8H3. The van der Waals surface area contributed by atoms with Gasteiger partial charge in [-0.1, -0.05) is 58.4 Å². The zero-order valence-electron chi connectivity index (χ0n) is 48.4. The maximum Gasteiger partial charge on any atom is 0.315 e. The number of rotatable bonds is 12. The Balaban J connectivity index is 0.853. The third-order valence-electron chi connectivity index (χ3n) is 22.5. The van der Waals surface area contributed by atoms with E-state index in [1.54, 1.807) is 0 Å². The second-order valence-corrected chi connectivity index (χ2v) is 27.2. The molecule has 0 spiro atoms. The summed E-state index contributed by atoms with van der Waals surface area (Å²) in [6.07, 6.45) is -30.1. The molecule has 5 aliphatic carbocycles. The molecule has 5 heterocycles. The van der Waals surface area contributed by atoms with Crippen LogP contribution in [0.1, 0.15) is 113 Å². The first-order valence-electron chi connectivity index (χ1n) is 29.8. The van der Waals surface area contributed by atoms with Gasteiger partial charge in [-0.3, -0.25) is 4.79 Å². The second-order valence-electron chi connectivity index (χ2n) is 27.2. The maximum absolute atomic E-state index is 14.7. The van der Waals surface area contributed by atoms with Gasteiger partial charge in [-0.05, 0) is 112 Å². The average molecular weight is 1190 g/mol. The molecule has 0 radical (unpaired) electrons. The van der Waals surface area contributed by atoms with E-state index in [1.165, 1.54) is 19.4 Å². The number of hydrogen-bond donors (Lipinski definition) is 14. The van der Waals surface area contributed by atoms with Crippen LogP contribution in [0.4, 0.5) is 0 Å². The summed E-state index contributed by atoms with van der Waals surface area (Å²) in [5.74, 6) is -0.463. The number of aliphatic hydroxyl groups excluding tert-OH is 14. The van der Waals surface area contributed by atoms with Crippen molar-refractivity contribution in [2.75, 3.05) is 19.8 Å². The highest BCUT2D eigenvalue weighted by molar-refractivity contribution is 5.79. The Kier molecular flexibility index (Phi) is 18.3. The lowest BCUT2D eigenvalue weighted by atomic mass is 9.34. The molecule has 474 valence electrons. The molecule has 0 aromatic heterocycles. The number of carbonyl (C=O) groups is 1. The smallest absolute Gasteiger partial charge is 0.315 e. The van der Waals surface area contributed by atoms with Crippen LogP contribution in [0.25, 0.3) is 0 Å². The van der Waals surface area contributed by atoms with E-state index in [2.05, 4.69) is 47.3 Å². The van der Waals surface area contributed by atoms with Crippen LogP contribution in [0.5, 0.6) is 0 Å². The Labute approximate surface area is 483 Å². The van der Waals surface area contributed by atoms with Gasteiger partial charge in [0.1, 0.15) is 104 Å². The van der Waals surface area contributed by atoms with E-state index >= 15 is 0 Å². The largest absolute Gasteiger partial charge is 0.432 e. The predicted octanol–water partition coefficient (Wildman–Crippen LogP) is -1.99. The van der Waals surface area contributed by atoms with Gasteiger partial charge in [0, 0.05) is 5.92 Å². The highest BCUT2D eigenvalue weighted by Crippen LogP contribution is 2.75. The van der Waals surface area contributed by atoms with Crippen molar-refractivity contribution in [3.8, 4) is 0 Å². The predicted molar refractivity (Wildman–Crippen MR) is 282 cm³/mol. The summed E-state index contributed by atoms with van der Waals surface area (Å²) in [6, 6.07) is 0. The molecule has 0 aromatic carbocycles. The Morgan fingerprint density at radius 1 is 0.578 bits per heavy atom. The van der Waals surface area contributed by atoms with Gasteiger partial charge in [0.15, 0.2) is 25.2 Å². The number of aliphatic hydroxyl groups is 14. The fourth-order valence-electron chi connectivity index (χ4n) is 17.2. The summed E-state index contributed by atoms with van der Waals surface area (Å²) < 4.78 is 60.3. The molecule has 5 aliphatic heterocycles. The third-order valence-corrected chi connectivity index (χ3v) is 22.5. The lowest BCUT2D eigenvalue weighted by Crippen LogP contribution is -2.68. The first-order valence-corrected chi connectivity index (χ1v) is 29.8. The van der Waals surface area contributed by atoms with Crippen molar-refractivity contribution in [3.63, 3.8) is 0 Å². The molecule has 32 atom stereocenters. The van der Waals surface area contributed by atoms with E-state index in [-0.39, 0.29) is 40.6 Å². The monoisotopic (exact) mass is 1190 g/mol. The van der Waals surface area contributed by atoms with Crippen molar-refractivity contribution in [1.29, 1.82) is 0 Å². The first-order chi connectivity index (χ1) is 39.0. The van der Waals surface area contributed by atoms with E-state index in [0.29, 0.717) is 38.5 Å². The van der Waals surface area contributed by atoms with Crippen LogP contribution in [0.3, 0.4) is 0 Å². The molecular weight excluding hydrogens is 1100 g/mol. The minimum Gasteiger partial charge on any atom is -0.432 e. The van der Waals surface area contributed by atoms with Crippen LogP contribution in [-0.4, -0.2) is 251 Å². The molecule has 32 unspecified atom stereocenters. The molecule has 4 saturated carbocycles. The number of carbonyl (C=O) groups excluding carboxylic acids is 1. The molecule has 0 bridgehead atoms. The van der Waals surface area contributed by atoms with Gasteiger partial charge in [0.2, 0.25) is 6.29 Å². The van der Waals surface area contributed by atoms with Crippen LogP contribution < -0.4 is 0 Å². The SMILES string of the molecule is C=C1CCC2(C(=O)OC3OC(CO)C(O)C(O)C3O)CCC3(C)C(=CCC4C5(C)CCC(OC6OCC(O)C(OC7OC(CO)C(OC8OC(C)C(O)C(O)C8O)C(O)C7OC7OC(C)C(O)C(O)C7O)C6O)C(C)(C)C5CCC43C)C2C1. The lowest BCUT2D eigenvalue weighted by Gasteiger charge is -2.71. The van der Waals surface area contributed by atoms with Crippen LogP contribution in [0.15, 0.2) is 23.8 Å². The number of esters is 1. The normalized spacial score (nSPS) is 54.5. The summed E-state index contributed by atoms with van der Waals surface area (Å²) in [7, 11) is 0. The molecule has 83 heavy (non-hydrogen) atoms. The molecule has 25 nitrogen and oxygen atoms in total. The van der Waals surface area contributed by atoms with E-state index in [1.807, 2.05) is 0 Å². The van der Waals surface area contributed by atoms with Crippen molar-refractivity contribution in [2.45, 2.75) is 266 Å². The average Bonchev–Trinajstić information content (AvgIpc) is 0.791. The number of hydrogen-bond acceptors (Lipinski definition) is 25. The van der Waals surface area contributed by atoms with Gasteiger partial charge >= 0.3 is 5.97 Å². The van der Waals surface area contributed by atoms with Gasteiger partial charge in [-0.25, -0.2) is 0 Å². The highest BCUT2D eigenvalue weighted by atomic mass is 16.8. The van der Waals surface area contributed by atoms with E-state index in [4.69, 9.17) is 47.4 Å². The Morgan fingerprint density at radius 3 is 1.78 bits per heavy atom. The quantitative estimate of drug-likeness (QED) is 0.0572. The maximum atomic E-state index is 14.7. The Morgan fingerprint density at radius 2 is 1.16 bits per heavy atom. The highest BCUT2D eigenvalue weighted by Gasteiger charge is 2.70. The fraction of sp³-hybridized carbons (Fsp3) is 0.914. The van der Waals surface area contributed by atoms with Gasteiger partial charge in [-0.2, -0.15) is 0 Å². The third kappa shape index (κ3) is 10.6. The van der Waals surface area contributed by atoms with Gasteiger partial charge in [0.25, 0.3) is 0 Å². The summed E-state index contributed by atoms with van der Waals surface area (Å²) in [4.78, 5) is 14.7. The summed E-state index contributed by atoms with van der Waals surface area (Å²) in [5, 5.41) is 152. The molecule has 14 N–H and O–H groups in total. The minimum absolute atomic E-state index is 0.117. The van der Waals surface area contributed by atoms with Crippen molar-refractivity contribution < 1.29 is 124 Å². The minimum atomic E-state index is -1.93. The first kappa shape index (κ1) is 64.0. The van der Waals surface area contributed by atoms with Crippen LogP contribution in [0, 0.1) is 44.8 Å². The topological polar surface area (TPSA) is 393 Å². The zero-order valence-corrected chi connectivity index (χ0v) is 48.4. The Hall–Kier alpha value is -1.97. The molecule has 10 aliphatic rings. The number of ether oxygens (including phenoxy) is 10. The molecule has 0 aromatic rings. The van der Waals surface area contributed by atoms with Gasteiger partial charge in [-0.15, -0.1) is 0 Å². The molecular formula is C58H92O25. The van der Waals surface area contributed by atoms with Crippen LogP contribution >= 0.6 is 0 Å². The van der Waals surface area contributed by atoms with Crippen molar-refractivity contribution in [1.82, 2.24) is 0 Å². The summed E-state index contributed by atoms with van der Waals surface area (Å²) in [6.45, 7) is 16.8. The molecule has 10 rings (SSSR count). The van der Waals surface area contributed by atoms with E-state index < -0.39 is 184 Å². The van der Waals surface area contributed by atoms with E-state index in [0.717, 1.165) is 31.3 Å². The molecule has 0 amide bonds. The van der Waals surface area contributed by atoms with Crippen LogP contribution in [-0.2, 0) is 52.2 Å². The Bertz CT molecular complexity index is 2340. The van der Waals surface area contributed by atoms with E-state index in [9.17, 15) is 76.3 Å². The fourth-order valence-corrected chi connectivity index (χ4v) is 17.2. The number of fused-ring (bicyclic) bond motifs is 7. The summed E-state index contributed by atoms with van der Waals surface area (Å²) in [5.41, 5.74) is 0.0168. The van der Waals surface area contributed by atoms with Crippen molar-refractivity contribution in [2.24, 2.45) is 44.8 Å². The van der Waals surface area contributed by atoms with Crippen molar-refractivity contribution in [3.05, 3.63) is 23.8 Å². The van der Waals surface area contributed by atoms with Crippen LogP contribution in [0.2, 0.25) is 0 Å². The molecule has 5 saturated heterocycles. The number of allylic oxidation sites excluding steroid dienone is 3. The molecule has 25 heteroatoms. The second kappa shape index (κ2) is 23.8. The zero-order chi connectivity index (χ0) is 60.4. The van der Waals surface area contributed by atoms with Crippen molar-refractivity contribution >= 4 is 5.97 Å². The molecule has 9 fully saturated rings. The van der Waals surface area contributed by atoms with Gasteiger partial charge in [0.05, 0.1) is 43.5 Å².